The summed E-state index contributed by atoms with van der Waals surface area (Å²) in [6.45, 7) is 0.147. The monoisotopic (exact) mass is 510 g/mol. The van der Waals surface area contributed by atoms with Crippen LogP contribution in [-0.4, -0.2) is 6.21 Å². The van der Waals surface area contributed by atoms with Gasteiger partial charge in [0.25, 0.3) is 0 Å². The molecule has 0 heterocycles. The molecule has 0 fully saturated rings. The molecule has 0 aliphatic heterocycles. The van der Waals surface area contributed by atoms with E-state index in [2.05, 4.69) is 5.10 Å². The van der Waals surface area contributed by atoms with E-state index >= 15 is 0 Å². The van der Waals surface area contributed by atoms with Gasteiger partial charge in [0, 0.05) is 15.6 Å². The first-order valence-electron chi connectivity index (χ1n) is 8.88. The number of anilines is 1. The van der Waals surface area contributed by atoms with Gasteiger partial charge >= 0.3 is 6.18 Å². The highest BCUT2D eigenvalue weighted by Crippen LogP contribution is 2.38. The van der Waals surface area contributed by atoms with E-state index in [-0.39, 0.29) is 6.61 Å². The smallest absolute Gasteiger partial charge is 0.422 e. The number of halogens is 9. The summed E-state index contributed by atoms with van der Waals surface area (Å²) in [5.74, 6) is -9.25. The quantitative estimate of drug-likeness (QED) is 0.160. The minimum Gasteiger partial charge on any atom is -0.489 e. The lowest BCUT2D eigenvalue weighted by molar-refractivity contribution is -0.143. The number of ether oxygens (including phenoxy) is 1. The second-order valence-corrected chi connectivity index (χ2v) is 7.31. The molecule has 0 unspecified atom stereocenters. The van der Waals surface area contributed by atoms with Crippen LogP contribution in [-0.2, 0) is 12.8 Å². The van der Waals surface area contributed by atoms with Crippen LogP contribution in [0.4, 0.5) is 36.4 Å². The van der Waals surface area contributed by atoms with Gasteiger partial charge in [0.2, 0.25) is 0 Å². The van der Waals surface area contributed by atoms with Crippen molar-refractivity contribution in [3.63, 3.8) is 0 Å². The first-order chi connectivity index (χ1) is 15.5. The zero-order chi connectivity index (χ0) is 24.3. The van der Waals surface area contributed by atoms with Gasteiger partial charge in [-0.05, 0) is 42.0 Å². The van der Waals surface area contributed by atoms with Crippen LogP contribution in [0.15, 0.2) is 47.6 Å². The molecular formula is C21H11Cl2F7N2O. The number of hydrogen-bond acceptors (Lipinski definition) is 3. The summed E-state index contributed by atoms with van der Waals surface area (Å²) < 4.78 is 98.3. The highest BCUT2D eigenvalue weighted by molar-refractivity contribution is 6.35. The van der Waals surface area contributed by atoms with Crippen LogP contribution in [0, 0.1) is 23.3 Å². The maximum absolute atomic E-state index is 13.8. The van der Waals surface area contributed by atoms with E-state index in [4.69, 9.17) is 27.9 Å². The average Bonchev–Trinajstić information content (AvgIpc) is 2.74. The molecule has 3 aromatic rings. The second kappa shape index (κ2) is 9.88. The lowest BCUT2D eigenvalue weighted by Gasteiger charge is -2.13. The Balaban J connectivity index is 1.69. The van der Waals surface area contributed by atoms with E-state index in [0.717, 1.165) is 6.21 Å². The number of rotatable bonds is 6. The Hall–Kier alpha value is -2.98. The van der Waals surface area contributed by atoms with E-state index in [0.29, 0.717) is 26.9 Å². The Morgan fingerprint density at radius 2 is 1.48 bits per heavy atom. The van der Waals surface area contributed by atoms with Crippen LogP contribution in [0.25, 0.3) is 0 Å². The predicted molar refractivity (Wildman–Crippen MR) is 110 cm³/mol. The zero-order valence-corrected chi connectivity index (χ0v) is 17.6. The van der Waals surface area contributed by atoms with Crippen molar-refractivity contribution in [1.29, 1.82) is 0 Å². The molecule has 0 saturated heterocycles. The predicted octanol–water partition coefficient (Wildman–Crippen LogP) is 7.59. The Labute approximate surface area is 192 Å². The summed E-state index contributed by atoms with van der Waals surface area (Å²) in [6, 6.07) is 11.0. The summed E-state index contributed by atoms with van der Waals surface area (Å²) in [7, 11) is 0. The molecule has 0 bridgehead atoms. The minimum atomic E-state index is -5.62. The SMILES string of the molecule is Fc1c(F)c(C(F)(F)F)c(F)c(F)c1NN=Cc1ccc(OCc2ccc(Cl)cc2Cl)cc1. The number of alkyl halides is 3. The highest BCUT2D eigenvalue weighted by Gasteiger charge is 2.42. The van der Waals surface area contributed by atoms with Crippen molar-refractivity contribution in [2.45, 2.75) is 12.8 Å². The molecule has 0 saturated carbocycles. The third kappa shape index (κ3) is 5.69. The zero-order valence-electron chi connectivity index (χ0n) is 16.1. The van der Waals surface area contributed by atoms with Crippen molar-refractivity contribution >= 4 is 35.1 Å². The summed E-state index contributed by atoms with van der Waals surface area (Å²) in [5.41, 5.74) is -1.43. The maximum atomic E-state index is 13.8. The van der Waals surface area contributed by atoms with Crippen molar-refractivity contribution in [1.82, 2.24) is 0 Å². The second-order valence-electron chi connectivity index (χ2n) is 6.47. The minimum absolute atomic E-state index is 0.147. The number of hydrogen-bond donors (Lipinski definition) is 1. The Morgan fingerprint density at radius 1 is 0.879 bits per heavy atom. The fraction of sp³-hybridized carbons (Fsp3) is 0.0952. The molecule has 33 heavy (non-hydrogen) atoms. The van der Waals surface area contributed by atoms with E-state index < -0.39 is 40.7 Å². The van der Waals surface area contributed by atoms with Crippen LogP contribution in [0.1, 0.15) is 16.7 Å². The Morgan fingerprint density at radius 3 is 2.03 bits per heavy atom. The molecule has 0 atom stereocenters. The molecule has 0 spiro atoms. The Kier molecular flexibility index (Phi) is 7.38. The number of hydrazone groups is 1. The highest BCUT2D eigenvalue weighted by atomic mass is 35.5. The first-order valence-corrected chi connectivity index (χ1v) is 9.63. The molecule has 3 aromatic carbocycles. The lowest BCUT2D eigenvalue weighted by Crippen LogP contribution is -2.16. The number of nitrogens with one attached hydrogen (secondary N) is 1. The lowest BCUT2D eigenvalue weighted by atomic mass is 10.1. The van der Waals surface area contributed by atoms with E-state index in [9.17, 15) is 30.7 Å². The Bertz CT molecular complexity index is 1170. The van der Waals surface area contributed by atoms with Gasteiger partial charge < -0.3 is 4.74 Å². The van der Waals surface area contributed by atoms with Crippen molar-refractivity contribution in [3.05, 3.63) is 92.5 Å². The van der Waals surface area contributed by atoms with Gasteiger partial charge in [0.1, 0.15) is 23.6 Å². The standard InChI is InChI=1S/C21H11Cl2F7N2O/c22-12-4-3-11(14(23)7-12)9-33-13-5-1-10(2-6-13)8-31-32-20-18(26)16(24)15(21(28,29)30)17(25)19(20)27/h1-8,32H,9H2. The molecule has 3 rings (SSSR count). The van der Waals surface area contributed by atoms with Gasteiger partial charge in [-0.15, -0.1) is 0 Å². The van der Waals surface area contributed by atoms with Crippen molar-refractivity contribution < 1.29 is 35.5 Å². The number of benzene rings is 3. The average molecular weight is 511 g/mol. The third-order valence-corrected chi connectivity index (χ3v) is 4.81. The normalized spacial score (nSPS) is 11.8. The summed E-state index contributed by atoms with van der Waals surface area (Å²) >= 11 is 11.9. The third-order valence-electron chi connectivity index (χ3n) is 4.23. The maximum Gasteiger partial charge on any atom is 0.422 e. The van der Waals surface area contributed by atoms with E-state index in [1.54, 1.807) is 23.6 Å². The molecule has 1 N–H and O–H groups in total. The van der Waals surface area contributed by atoms with Crippen molar-refractivity contribution in [3.8, 4) is 5.75 Å². The fourth-order valence-electron chi connectivity index (χ4n) is 2.60. The fourth-order valence-corrected chi connectivity index (χ4v) is 3.06. The molecule has 0 aliphatic carbocycles. The largest absolute Gasteiger partial charge is 0.489 e. The first kappa shape index (κ1) is 24.7. The van der Waals surface area contributed by atoms with Crippen LogP contribution < -0.4 is 10.2 Å². The van der Waals surface area contributed by atoms with Crippen LogP contribution in [0.2, 0.25) is 10.0 Å². The van der Waals surface area contributed by atoms with Crippen LogP contribution in [0.3, 0.4) is 0 Å². The molecule has 12 heteroatoms. The summed E-state index contributed by atoms with van der Waals surface area (Å²) in [4.78, 5) is 0. The van der Waals surface area contributed by atoms with Crippen LogP contribution >= 0.6 is 23.2 Å². The van der Waals surface area contributed by atoms with Gasteiger partial charge in [-0.2, -0.15) is 18.3 Å². The molecule has 174 valence electrons. The van der Waals surface area contributed by atoms with E-state index in [1.165, 1.54) is 24.3 Å². The van der Waals surface area contributed by atoms with Crippen LogP contribution in [0.5, 0.6) is 5.75 Å². The molecular weight excluding hydrogens is 500 g/mol. The molecule has 3 nitrogen and oxygen atoms in total. The van der Waals surface area contributed by atoms with Gasteiger partial charge in [-0.1, -0.05) is 29.3 Å². The van der Waals surface area contributed by atoms with Gasteiger partial charge in [-0.3, -0.25) is 5.43 Å². The summed E-state index contributed by atoms with van der Waals surface area (Å²) in [5, 5.41) is 4.31. The topological polar surface area (TPSA) is 33.6 Å². The molecule has 0 amide bonds. The molecule has 0 aliphatic rings. The van der Waals surface area contributed by atoms with E-state index in [1.807, 2.05) is 0 Å². The van der Waals surface area contributed by atoms with Crippen molar-refractivity contribution in [2.24, 2.45) is 5.10 Å². The van der Waals surface area contributed by atoms with Gasteiger partial charge in [0.15, 0.2) is 23.3 Å². The van der Waals surface area contributed by atoms with Gasteiger partial charge in [0.05, 0.1) is 6.21 Å². The van der Waals surface area contributed by atoms with Gasteiger partial charge in [-0.25, -0.2) is 17.6 Å². The van der Waals surface area contributed by atoms with Crippen molar-refractivity contribution in [2.75, 3.05) is 5.43 Å². The summed E-state index contributed by atoms with van der Waals surface area (Å²) in [6.07, 6.45) is -4.60. The number of nitrogens with zero attached hydrogens (tertiary/aromatic N) is 1. The molecule has 0 radical (unpaired) electrons. The molecule has 0 aromatic heterocycles.